The van der Waals surface area contributed by atoms with Crippen molar-refractivity contribution in [3.8, 4) is 17.1 Å². The molecule has 176 valence electrons. The summed E-state index contributed by atoms with van der Waals surface area (Å²) in [4.78, 5) is 35.9. The minimum atomic E-state index is -0.280. The highest BCUT2D eigenvalue weighted by Gasteiger charge is 2.15. The first kappa shape index (κ1) is 22.2. The summed E-state index contributed by atoms with van der Waals surface area (Å²) in [6.45, 7) is 4.28. The van der Waals surface area contributed by atoms with Gasteiger partial charge in [0.25, 0.3) is 5.56 Å². The van der Waals surface area contributed by atoms with Crippen molar-refractivity contribution in [1.82, 2.24) is 29.9 Å². The minimum Gasteiger partial charge on any atom is -0.339 e. The zero-order valence-corrected chi connectivity index (χ0v) is 19.2. The highest BCUT2D eigenvalue weighted by Crippen LogP contribution is 2.23. The lowest BCUT2D eigenvalue weighted by Gasteiger charge is -2.11. The number of rotatable bonds is 7. The molecule has 0 saturated carbocycles. The summed E-state index contributed by atoms with van der Waals surface area (Å²) < 4.78 is 6.87. The molecule has 0 atom stereocenters. The molecule has 0 saturated heterocycles. The van der Waals surface area contributed by atoms with Crippen LogP contribution in [0.15, 0.2) is 70.4 Å². The van der Waals surface area contributed by atoms with Gasteiger partial charge in [0, 0.05) is 18.4 Å². The average molecular weight is 470 g/mol. The van der Waals surface area contributed by atoms with Crippen LogP contribution in [0.2, 0.25) is 0 Å². The zero-order chi connectivity index (χ0) is 24.4. The second-order valence-corrected chi connectivity index (χ2v) is 8.38. The number of fused-ring (bicyclic) bond motifs is 1. The predicted molar refractivity (Wildman–Crippen MR) is 130 cm³/mol. The van der Waals surface area contributed by atoms with Crippen molar-refractivity contribution in [2.24, 2.45) is 0 Å². The summed E-state index contributed by atoms with van der Waals surface area (Å²) >= 11 is 0. The summed E-state index contributed by atoms with van der Waals surface area (Å²) in [6.07, 6.45) is 3.22. The quantitative estimate of drug-likeness (QED) is 0.370. The van der Waals surface area contributed by atoms with E-state index in [2.05, 4.69) is 56.5 Å². The van der Waals surface area contributed by atoms with Crippen molar-refractivity contribution in [2.75, 3.05) is 5.32 Å². The van der Waals surface area contributed by atoms with Gasteiger partial charge in [-0.1, -0.05) is 55.4 Å². The number of anilines is 1. The molecule has 35 heavy (non-hydrogen) atoms. The van der Waals surface area contributed by atoms with Gasteiger partial charge in [-0.2, -0.15) is 10.1 Å². The molecule has 1 amide bonds. The molecule has 10 nitrogen and oxygen atoms in total. The number of para-hydroxylation sites is 2. The standard InChI is InChI=1S/C25H23N7O3/c1-15(2)16-7-9-17(10-8-16)23-30-22(35-31-23)12-11-21(33)29-19-5-3-4-6-20(19)32-24-18(13-28-32)25(34)27-14-26-24/h3-10,13-15H,11-12H2,1-2H3,(H,29,33)(H,26,27,34). The molecule has 2 N–H and O–H groups in total. The van der Waals surface area contributed by atoms with Crippen molar-refractivity contribution < 1.29 is 9.32 Å². The van der Waals surface area contributed by atoms with Crippen LogP contribution in [0.25, 0.3) is 28.1 Å². The number of carbonyl (C=O) groups excluding carboxylic acids is 1. The molecule has 0 spiro atoms. The van der Waals surface area contributed by atoms with Crippen molar-refractivity contribution >= 4 is 22.6 Å². The van der Waals surface area contributed by atoms with Gasteiger partial charge >= 0.3 is 0 Å². The molecule has 0 fully saturated rings. The number of benzene rings is 2. The van der Waals surface area contributed by atoms with E-state index in [1.165, 1.54) is 22.8 Å². The maximum atomic E-state index is 12.7. The van der Waals surface area contributed by atoms with Crippen LogP contribution in [-0.2, 0) is 11.2 Å². The fraction of sp³-hybridized carbons (Fsp3) is 0.200. The molecule has 2 aromatic carbocycles. The lowest BCUT2D eigenvalue weighted by Crippen LogP contribution is -2.15. The van der Waals surface area contributed by atoms with E-state index in [-0.39, 0.29) is 17.9 Å². The fourth-order valence-corrected chi connectivity index (χ4v) is 3.72. The molecule has 0 unspecified atom stereocenters. The van der Waals surface area contributed by atoms with E-state index in [9.17, 15) is 9.59 Å². The van der Waals surface area contributed by atoms with Gasteiger partial charge in [0.2, 0.25) is 17.6 Å². The van der Waals surface area contributed by atoms with E-state index in [4.69, 9.17) is 4.52 Å². The third kappa shape index (κ3) is 4.58. The Morgan fingerprint density at radius 1 is 1.14 bits per heavy atom. The Kier molecular flexibility index (Phi) is 5.92. The van der Waals surface area contributed by atoms with Crippen LogP contribution in [0.1, 0.15) is 37.6 Å². The molecule has 0 aliphatic carbocycles. The number of hydrogen-bond donors (Lipinski definition) is 2. The number of hydrogen-bond acceptors (Lipinski definition) is 7. The fourth-order valence-electron chi connectivity index (χ4n) is 3.72. The van der Waals surface area contributed by atoms with Crippen molar-refractivity contribution in [2.45, 2.75) is 32.6 Å². The first-order valence-corrected chi connectivity index (χ1v) is 11.2. The maximum absolute atomic E-state index is 12.7. The lowest BCUT2D eigenvalue weighted by molar-refractivity contribution is -0.116. The van der Waals surface area contributed by atoms with Gasteiger partial charge in [-0.05, 0) is 23.6 Å². The van der Waals surface area contributed by atoms with Gasteiger partial charge in [0.1, 0.15) is 5.39 Å². The topological polar surface area (TPSA) is 132 Å². The largest absolute Gasteiger partial charge is 0.339 e. The van der Waals surface area contributed by atoms with E-state index in [0.29, 0.717) is 46.5 Å². The molecule has 10 heteroatoms. The number of nitrogens with one attached hydrogen (secondary N) is 2. The normalized spacial score (nSPS) is 11.3. The van der Waals surface area contributed by atoms with Crippen molar-refractivity contribution in [3.05, 3.63) is 82.9 Å². The summed E-state index contributed by atoms with van der Waals surface area (Å²) in [5.41, 5.74) is 3.36. The Labute approximate surface area is 200 Å². The molecular formula is C25H23N7O3. The predicted octanol–water partition coefficient (Wildman–Crippen LogP) is 3.85. The summed E-state index contributed by atoms with van der Waals surface area (Å²) in [5, 5.41) is 11.6. The van der Waals surface area contributed by atoms with Gasteiger partial charge in [-0.3, -0.25) is 9.59 Å². The summed E-state index contributed by atoms with van der Waals surface area (Å²) in [7, 11) is 0. The molecular weight excluding hydrogens is 446 g/mol. The SMILES string of the molecule is CC(C)c1ccc(-c2noc(CCC(=O)Nc3ccccc3-n3ncc4c(=O)[nH]cnc43)n2)cc1. The van der Waals surface area contributed by atoms with Gasteiger partial charge < -0.3 is 14.8 Å². The van der Waals surface area contributed by atoms with Gasteiger partial charge in [0.15, 0.2) is 5.65 Å². The molecule has 3 aromatic heterocycles. The van der Waals surface area contributed by atoms with Gasteiger partial charge in [-0.15, -0.1) is 0 Å². The monoisotopic (exact) mass is 469 g/mol. The van der Waals surface area contributed by atoms with Crippen LogP contribution in [0.4, 0.5) is 5.69 Å². The third-order valence-corrected chi connectivity index (χ3v) is 5.65. The van der Waals surface area contributed by atoms with Crippen LogP contribution in [0.5, 0.6) is 0 Å². The average Bonchev–Trinajstić information content (AvgIpc) is 3.51. The number of aromatic amines is 1. The Hall–Kier alpha value is -4.60. The van der Waals surface area contributed by atoms with Crippen molar-refractivity contribution in [3.63, 3.8) is 0 Å². The van der Waals surface area contributed by atoms with E-state index < -0.39 is 0 Å². The van der Waals surface area contributed by atoms with Crippen LogP contribution in [0, 0.1) is 0 Å². The van der Waals surface area contributed by atoms with Crippen LogP contribution >= 0.6 is 0 Å². The highest BCUT2D eigenvalue weighted by molar-refractivity contribution is 5.93. The Balaban J connectivity index is 1.27. The zero-order valence-electron chi connectivity index (χ0n) is 19.2. The number of H-pyrrole nitrogens is 1. The molecule has 0 radical (unpaired) electrons. The van der Waals surface area contributed by atoms with Gasteiger partial charge in [0.05, 0.1) is 23.9 Å². The summed E-state index contributed by atoms with van der Waals surface area (Å²) in [5.74, 6) is 1.10. The Morgan fingerprint density at radius 2 is 1.94 bits per heavy atom. The van der Waals surface area contributed by atoms with Crippen molar-refractivity contribution in [1.29, 1.82) is 0 Å². The minimum absolute atomic E-state index is 0.153. The number of amides is 1. The molecule has 5 rings (SSSR count). The molecule has 3 heterocycles. The molecule has 0 bridgehead atoms. The van der Waals surface area contributed by atoms with Crippen LogP contribution in [0.3, 0.4) is 0 Å². The van der Waals surface area contributed by atoms with E-state index in [1.54, 1.807) is 18.2 Å². The van der Waals surface area contributed by atoms with Crippen LogP contribution < -0.4 is 10.9 Å². The molecule has 5 aromatic rings. The first-order valence-electron chi connectivity index (χ1n) is 11.2. The second-order valence-electron chi connectivity index (χ2n) is 8.38. The van der Waals surface area contributed by atoms with Crippen LogP contribution in [-0.4, -0.2) is 35.8 Å². The smallest absolute Gasteiger partial charge is 0.261 e. The third-order valence-electron chi connectivity index (χ3n) is 5.65. The van der Waals surface area contributed by atoms with E-state index in [1.807, 2.05) is 18.2 Å². The highest BCUT2D eigenvalue weighted by atomic mass is 16.5. The maximum Gasteiger partial charge on any atom is 0.261 e. The molecule has 0 aliphatic rings. The Bertz CT molecular complexity index is 1550. The number of aryl methyl sites for hydroxylation is 1. The van der Waals surface area contributed by atoms with E-state index in [0.717, 1.165) is 5.56 Å². The lowest BCUT2D eigenvalue weighted by atomic mass is 10.0. The van der Waals surface area contributed by atoms with Gasteiger partial charge in [-0.25, -0.2) is 9.67 Å². The second kappa shape index (κ2) is 9.34. The number of carbonyl (C=O) groups is 1. The number of aromatic nitrogens is 6. The number of nitrogens with zero attached hydrogens (tertiary/aromatic N) is 5. The molecule has 0 aliphatic heterocycles. The first-order chi connectivity index (χ1) is 17.0. The van der Waals surface area contributed by atoms with E-state index >= 15 is 0 Å². The Morgan fingerprint density at radius 3 is 2.74 bits per heavy atom. The summed E-state index contributed by atoms with van der Waals surface area (Å²) in [6, 6.07) is 15.2.